The molecular weight excluding hydrogens is 456 g/mol. The summed E-state index contributed by atoms with van der Waals surface area (Å²) in [7, 11) is -1.93. The fourth-order valence-electron chi connectivity index (χ4n) is 2.95. The van der Waals surface area contributed by atoms with E-state index in [1.807, 2.05) is 0 Å². The molecule has 1 aliphatic rings. The van der Waals surface area contributed by atoms with Gasteiger partial charge in [-0.15, -0.1) is 0 Å². The molecule has 1 fully saturated rings. The van der Waals surface area contributed by atoms with E-state index < -0.39 is 10.0 Å². The van der Waals surface area contributed by atoms with Crippen LogP contribution < -0.4 is 0 Å². The van der Waals surface area contributed by atoms with Crippen molar-refractivity contribution in [2.75, 3.05) is 26.2 Å². The second-order valence-corrected chi connectivity index (χ2v) is 9.62. The molecule has 7 nitrogen and oxygen atoms in total. The van der Waals surface area contributed by atoms with Crippen LogP contribution in [0.3, 0.4) is 0 Å². The average molecular weight is 476 g/mol. The van der Waals surface area contributed by atoms with Crippen molar-refractivity contribution in [1.82, 2.24) is 18.8 Å². The first-order valence-corrected chi connectivity index (χ1v) is 11.1. The van der Waals surface area contributed by atoms with Crippen molar-refractivity contribution in [3.8, 4) is 0 Å². The molecule has 2 heterocycles. The normalized spacial score (nSPS) is 16.4. The van der Waals surface area contributed by atoms with Crippen molar-refractivity contribution in [3.63, 3.8) is 0 Å². The number of carbonyl (C=O) groups is 1. The van der Waals surface area contributed by atoms with E-state index in [2.05, 4.69) is 20.9 Å². The molecule has 146 valence electrons. The molecule has 1 aromatic carbocycles. The highest BCUT2D eigenvalue weighted by atomic mass is 79.9. The van der Waals surface area contributed by atoms with E-state index in [-0.39, 0.29) is 17.5 Å². The van der Waals surface area contributed by atoms with Crippen LogP contribution in [-0.2, 0) is 17.1 Å². The molecule has 0 aliphatic carbocycles. The lowest BCUT2D eigenvalue weighted by Gasteiger charge is -2.22. The topological polar surface area (TPSA) is 75.5 Å². The number of halogens is 2. The molecule has 10 heteroatoms. The van der Waals surface area contributed by atoms with Gasteiger partial charge in [-0.25, -0.2) is 13.4 Å². The second kappa shape index (κ2) is 7.90. The van der Waals surface area contributed by atoms with Crippen LogP contribution in [0.5, 0.6) is 0 Å². The SMILES string of the molecule is Cc1nc(S(=O)(=O)N2CCCN(C(=O)c3cc(Br)ccc3Cl)CC2)cn1C. The Kier molecular flexibility index (Phi) is 5.95. The Bertz CT molecular complexity index is 957. The van der Waals surface area contributed by atoms with Gasteiger partial charge in [-0.1, -0.05) is 27.5 Å². The minimum atomic E-state index is -3.69. The molecule has 0 atom stereocenters. The Hall–Kier alpha value is -1.42. The highest BCUT2D eigenvalue weighted by molar-refractivity contribution is 9.10. The summed E-state index contributed by atoms with van der Waals surface area (Å²) >= 11 is 9.51. The summed E-state index contributed by atoms with van der Waals surface area (Å²) in [5.41, 5.74) is 0.405. The van der Waals surface area contributed by atoms with Gasteiger partial charge in [0.15, 0.2) is 5.03 Å². The molecule has 0 unspecified atom stereocenters. The smallest absolute Gasteiger partial charge is 0.262 e. The molecule has 0 saturated carbocycles. The Morgan fingerprint density at radius 1 is 1.22 bits per heavy atom. The Labute approximate surface area is 172 Å². The third-order valence-corrected chi connectivity index (χ3v) is 7.18. The number of amides is 1. The van der Waals surface area contributed by atoms with E-state index in [1.54, 1.807) is 41.6 Å². The number of nitrogens with zero attached hydrogens (tertiary/aromatic N) is 4. The maximum atomic E-state index is 12.9. The first-order chi connectivity index (χ1) is 12.7. The van der Waals surface area contributed by atoms with Crippen LogP contribution >= 0.6 is 27.5 Å². The van der Waals surface area contributed by atoms with Gasteiger partial charge < -0.3 is 9.47 Å². The van der Waals surface area contributed by atoms with Crippen molar-refractivity contribution < 1.29 is 13.2 Å². The number of carbonyl (C=O) groups excluding carboxylic acids is 1. The average Bonchev–Trinajstić information content (AvgIpc) is 2.84. The van der Waals surface area contributed by atoms with Gasteiger partial charge in [0.25, 0.3) is 15.9 Å². The molecule has 0 bridgehead atoms. The number of rotatable bonds is 3. The Morgan fingerprint density at radius 3 is 2.63 bits per heavy atom. The highest BCUT2D eigenvalue weighted by Gasteiger charge is 2.30. The van der Waals surface area contributed by atoms with Gasteiger partial charge in [0, 0.05) is 43.9 Å². The van der Waals surface area contributed by atoms with Crippen LogP contribution in [0.4, 0.5) is 0 Å². The minimum absolute atomic E-state index is 0.0392. The quantitative estimate of drug-likeness (QED) is 0.684. The fourth-order valence-corrected chi connectivity index (χ4v) is 5.01. The van der Waals surface area contributed by atoms with Crippen LogP contribution in [0, 0.1) is 6.92 Å². The predicted molar refractivity (Wildman–Crippen MR) is 106 cm³/mol. The molecule has 0 N–H and O–H groups in total. The second-order valence-electron chi connectivity index (χ2n) is 6.41. The zero-order valence-electron chi connectivity index (χ0n) is 15.0. The molecule has 1 aliphatic heterocycles. The molecule has 0 spiro atoms. The van der Waals surface area contributed by atoms with Crippen LogP contribution in [-0.4, -0.2) is 59.3 Å². The number of aryl methyl sites for hydroxylation is 2. The van der Waals surface area contributed by atoms with Gasteiger partial charge in [-0.05, 0) is 31.5 Å². The van der Waals surface area contributed by atoms with Crippen LogP contribution in [0.2, 0.25) is 5.02 Å². The monoisotopic (exact) mass is 474 g/mol. The lowest BCUT2D eigenvalue weighted by molar-refractivity contribution is 0.0764. The molecule has 2 aromatic rings. The number of benzene rings is 1. The highest BCUT2D eigenvalue weighted by Crippen LogP contribution is 2.24. The maximum Gasteiger partial charge on any atom is 0.262 e. The van der Waals surface area contributed by atoms with Crippen LogP contribution in [0.15, 0.2) is 33.9 Å². The standard InChI is InChI=1S/C17H20BrClN4O3S/c1-12-20-16(11-21(12)2)27(25,26)23-7-3-6-22(8-9-23)17(24)14-10-13(18)4-5-15(14)19/h4-5,10-11H,3,6-9H2,1-2H3. The van der Waals surface area contributed by atoms with Gasteiger partial charge in [0.05, 0.1) is 10.6 Å². The Morgan fingerprint density at radius 2 is 1.96 bits per heavy atom. The summed E-state index contributed by atoms with van der Waals surface area (Å²) in [5.74, 6) is 0.429. The lowest BCUT2D eigenvalue weighted by Crippen LogP contribution is -2.37. The molecule has 27 heavy (non-hydrogen) atoms. The summed E-state index contributed by atoms with van der Waals surface area (Å²) in [5, 5.41) is 0.415. The first kappa shape index (κ1) is 20.3. The Balaban J connectivity index is 1.77. The summed E-state index contributed by atoms with van der Waals surface area (Å²) < 4.78 is 29.6. The number of hydrogen-bond donors (Lipinski definition) is 0. The van der Waals surface area contributed by atoms with Crippen molar-refractivity contribution in [2.45, 2.75) is 18.4 Å². The first-order valence-electron chi connectivity index (χ1n) is 8.44. The molecule has 0 radical (unpaired) electrons. The number of aromatic nitrogens is 2. The van der Waals surface area contributed by atoms with Gasteiger partial charge >= 0.3 is 0 Å². The van der Waals surface area contributed by atoms with E-state index in [4.69, 9.17) is 11.6 Å². The van der Waals surface area contributed by atoms with E-state index >= 15 is 0 Å². The number of hydrogen-bond acceptors (Lipinski definition) is 4. The van der Waals surface area contributed by atoms with E-state index in [1.165, 1.54) is 10.5 Å². The summed E-state index contributed by atoms with van der Waals surface area (Å²) in [6, 6.07) is 5.11. The van der Waals surface area contributed by atoms with E-state index in [0.29, 0.717) is 42.5 Å². The number of sulfonamides is 1. The van der Waals surface area contributed by atoms with Crippen LogP contribution in [0.25, 0.3) is 0 Å². The van der Waals surface area contributed by atoms with Crippen molar-refractivity contribution in [1.29, 1.82) is 0 Å². The summed E-state index contributed by atoms with van der Waals surface area (Å²) in [6.07, 6.45) is 2.06. The number of imidazole rings is 1. The summed E-state index contributed by atoms with van der Waals surface area (Å²) in [6.45, 7) is 3.08. The molecular formula is C17H20BrClN4O3S. The zero-order valence-corrected chi connectivity index (χ0v) is 18.2. The lowest BCUT2D eigenvalue weighted by atomic mass is 10.2. The molecule has 1 amide bonds. The van der Waals surface area contributed by atoms with Crippen molar-refractivity contribution in [3.05, 3.63) is 45.3 Å². The third kappa shape index (κ3) is 4.21. The van der Waals surface area contributed by atoms with E-state index in [0.717, 1.165) is 4.47 Å². The molecule has 1 aromatic heterocycles. The van der Waals surface area contributed by atoms with Gasteiger partial charge in [0.2, 0.25) is 0 Å². The van der Waals surface area contributed by atoms with Gasteiger partial charge in [-0.3, -0.25) is 4.79 Å². The predicted octanol–water partition coefficient (Wildman–Crippen LogP) is 2.68. The molecule has 3 rings (SSSR count). The largest absolute Gasteiger partial charge is 0.337 e. The maximum absolute atomic E-state index is 12.9. The van der Waals surface area contributed by atoms with Crippen LogP contribution in [0.1, 0.15) is 22.6 Å². The third-order valence-electron chi connectivity index (χ3n) is 4.59. The minimum Gasteiger partial charge on any atom is -0.337 e. The van der Waals surface area contributed by atoms with E-state index in [9.17, 15) is 13.2 Å². The van der Waals surface area contributed by atoms with Gasteiger partial charge in [-0.2, -0.15) is 4.31 Å². The van der Waals surface area contributed by atoms with Crippen molar-refractivity contribution in [2.24, 2.45) is 7.05 Å². The fraction of sp³-hybridized carbons (Fsp3) is 0.412. The van der Waals surface area contributed by atoms with Gasteiger partial charge in [0.1, 0.15) is 5.82 Å². The summed E-state index contributed by atoms with van der Waals surface area (Å²) in [4.78, 5) is 18.6. The molecule has 1 saturated heterocycles. The van der Waals surface area contributed by atoms with Crippen molar-refractivity contribution >= 4 is 43.5 Å². The zero-order chi connectivity index (χ0) is 19.8.